The molecule has 0 aliphatic carbocycles. The van der Waals surface area contributed by atoms with Crippen LogP contribution in [0.25, 0.3) is 5.65 Å². The van der Waals surface area contributed by atoms with Crippen molar-refractivity contribution in [3.63, 3.8) is 0 Å². The molecule has 1 N–H and O–H groups in total. The summed E-state index contributed by atoms with van der Waals surface area (Å²) >= 11 is 3.36. The number of benzene rings is 1. The van der Waals surface area contributed by atoms with E-state index >= 15 is 0 Å². The monoisotopic (exact) mass is 316 g/mol. The minimum atomic E-state index is -0.228. The van der Waals surface area contributed by atoms with E-state index in [0.29, 0.717) is 11.3 Å². The summed E-state index contributed by atoms with van der Waals surface area (Å²) in [6.45, 7) is 0. The fourth-order valence-corrected chi connectivity index (χ4v) is 2.17. The molecule has 0 spiro atoms. The summed E-state index contributed by atoms with van der Waals surface area (Å²) < 4.78 is 2.41. The molecule has 0 bridgehead atoms. The number of fused-ring (bicyclic) bond motifs is 1. The van der Waals surface area contributed by atoms with Crippen LogP contribution >= 0.6 is 15.9 Å². The minimum absolute atomic E-state index is 0.228. The fraction of sp³-hybridized carbons (Fsp3) is 0. The lowest BCUT2D eigenvalue weighted by Crippen LogP contribution is -2.16. The van der Waals surface area contributed by atoms with Crippen LogP contribution in [0.3, 0.4) is 0 Å². The molecule has 0 radical (unpaired) electrons. The third kappa shape index (κ3) is 2.34. The summed E-state index contributed by atoms with van der Waals surface area (Å²) in [7, 11) is 0. The lowest BCUT2D eigenvalue weighted by atomic mass is 10.3. The van der Waals surface area contributed by atoms with Gasteiger partial charge in [-0.25, -0.2) is 9.50 Å². The first kappa shape index (κ1) is 11.9. The van der Waals surface area contributed by atoms with Crippen molar-refractivity contribution in [2.45, 2.75) is 0 Å². The van der Waals surface area contributed by atoms with Gasteiger partial charge in [0.05, 0.1) is 6.20 Å². The van der Waals surface area contributed by atoms with Gasteiger partial charge >= 0.3 is 0 Å². The molecule has 2 aromatic heterocycles. The minimum Gasteiger partial charge on any atom is -0.321 e. The molecule has 3 aromatic rings. The zero-order valence-electron chi connectivity index (χ0n) is 9.75. The average molecular weight is 317 g/mol. The van der Waals surface area contributed by atoms with Gasteiger partial charge in [0.2, 0.25) is 0 Å². The first-order chi connectivity index (χ1) is 9.24. The number of nitrogens with one attached hydrogen (secondary N) is 1. The Balaban J connectivity index is 1.94. The van der Waals surface area contributed by atoms with Crippen molar-refractivity contribution in [2.24, 2.45) is 0 Å². The Morgan fingerprint density at radius 3 is 2.95 bits per heavy atom. The number of hydrogen-bond donors (Lipinski definition) is 1. The first-order valence-corrected chi connectivity index (χ1v) is 6.39. The van der Waals surface area contributed by atoms with Crippen molar-refractivity contribution in [1.29, 1.82) is 0 Å². The second kappa shape index (κ2) is 4.81. The van der Waals surface area contributed by atoms with Gasteiger partial charge in [0.15, 0.2) is 5.65 Å². The Bertz CT molecular complexity index is 753. The maximum absolute atomic E-state index is 12.2. The molecule has 94 valence electrons. The number of halogens is 1. The molecule has 0 atom stereocenters. The van der Waals surface area contributed by atoms with E-state index < -0.39 is 0 Å². The third-order valence-electron chi connectivity index (χ3n) is 2.61. The fourth-order valence-electron chi connectivity index (χ4n) is 1.77. The third-order valence-corrected chi connectivity index (χ3v) is 3.10. The Kier molecular flexibility index (Phi) is 3.00. The Morgan fingerprint density at radius 2 is 2.11 bits per heavy atom. The van der Waals surface area contributed by atoms with Gasteiger partial charge in [-0.3, -0.25) is 4.79 Å². The van der Waals surface area contributed by atoms with Crippen molar-refractivity contribution in [3.05, 3.63) is 59.0 Å². The van der Waals surface area contributed by atoms with Crippen LogP contribution in [0.5, 0.6) is 0 Å². The van der Waals surface area contributed by atoms with E-state index in [0.717, 1.165) is 10.2 Å². The highest BCUT2D eigenvalue weighted by atomic mass is 79.9. The maximum Gasteiger partial charge on any atom is 0.274 e. The molecule has 1 aromatic carbocycles. The summed E-state index contributed by atoms with van der Waals surface area (Å²) in [6.07, 6.45) is 3.20. The van der Waals surface area contributed by atoms with E-state index in [1.54, 1.807) is 24.5 Å². The molecular formula is C13H9BrN4O. The van der Waals surface area contributed by atoms with Crippen LogP contribution in [0.1, 0.15) is 10.5 Å². The summed E-state index contributed by atoms with van der Waals surface area (Å²) in [4.78, 5) is 16.3. The van der Waals surface area contributed by atoms with Gasteiger partial charge in [0.1, 0.15) is 5.69 Å². The Morgan fingerprint density at radius 1 is 1.21 bits per heavy atom. The number of carbonyl (C=O) groups excluding carboxylic acids is 1. The molecule has 6 heteroatoms. The van der Waals surface area contributed by atoms with Crippen molar-refractivity contribution in [3.8, 4) is 0 Å². The van der Waals surface area contributed by atoms with Crippen molar-refractivity contribution in [1.82, 2.24) is 14.6 Å². The molecule has 19 heavy (non-hydrogen) atoms. The van der Waals surface area contributed by atoms with E-state index in [2.05, 4.69) is 31.3 Å². The molecule has 0 fully saturated rings. The SMILES string of the molecule is O=C(Nc1cccc(Br)c1)c1ccnc2ccnn12. The number of aromatic nitrogens is 3. The van der Waals surface area contributed by atoms with Crippen LogP contribution in [0, 0.1) is 0 Å². The molecule has 5 nitrogen and oxygen atoms in total. The van der Waals surface area contributed by atoms with Crippen LogP contribution in [-0.2, 0) is 0 Å². The number of nitrogens with zero attached hydrogens (tertiary/aromatic N) is 3. The molecule has 0 saturated heterocycles. The van der Waals surface area contributed by atoms with E-state index in [-0.39, 0.29) is 5.91 Å². The quantitative estimate of drug-likeness (QED) is 0.790. The Hall–Kier alpha value is -2.21. The van der Waals surface area contributed by atoms with Crippen LogP contribution in [0.15, 0.2) is 53.3 Å². The van der Waals surface area contributed by atoms with E-state index in [1.165, 1.54) is 4.52 Å². The van der Waals surface area contributed by atoms with Gasteiger partial charge in [-0.2, -0.15) is 5.10 Å². The van der Waals surface area contributed by atoms with Gasteiger partial charge in [-0.05, 0) is 24.3 Å². The molecular weight excluding hydrogens is 308 g/mol. The van der Waals surface area contributed by atoms with Gasteiger partial charge in [0.25, 0.3) is 5.91 Å². The zero-order chi connectivity index (χ0) is 13.2. The summed E-state index contributed by atoms with van der Waals surface area (Å²) in [5, 5.41) is 6.91. The van der Waals surface area contributed by atoms with Gasteiger partial charge in [-0.1, -0.05) is 22.0 Å². The number of rotatable bonds is 2. The van der Waals surface area contributed by atoms with Gasteiger partial charge in [0, 0.05) is 22.4 Å². The second-order valence-electron chi connectivity index (χ2n) is 3.90. The van der Waals surface area contributed by atoms with Crippen molar-refractivity contribution in [2.75, 3.05) is 5.32 Å². The molecule has 0 unspecified atom stereocenters. The number of anilines is 1. The topological polar surface area (TPSA) is 59.3 Å². The number of hydrogen-bond acceptors (Lipinski definition) is 3. The summed E-state index contributed by atoms with van der Waals surface area (Å²) in [5.74, 6) is -0.228. The van der Waals surface area contributed by atoms with E-state index in [4.69, 9.17) is 0 Å². The van der Waals surface area contributed by atoms with Crippen LogP contribution in [0.2, 0.25) is 0 Å². The molecule has 0 aliphatic rings. The standard InChI is InChI=1S/C13H9BrN4O/c14-9-2-1-3-10(8-9)17-13(19)11-4-6-15-12-5-7-16-18(11)12/h1-8H,(H,17,19). The van der Waals surface area contributed by atoms with E-state index in [1.807, 2.05) is 24.3 Å². The van der Waals surface area contributed by atoms with Gasteiger partial charge < -0.3 is 5.32 Å². The van der Waals surface area contributed by atoms with Crippen LogP contribution in [-0.4, -0.2) is 20.5 Å². The predicted molar refractivity (Wildman–Crippen MR) is 75.1 cm³/mol. The average Bonchev–Trinajstić information content (AvgIpc) is 2.86. The molecule has 1 amide bonds. The molecule has 0 aliphatic heterocycles. The van der Waals surface area contributed by atoms with Crippen LogP contribution < -0.4 is 5.32 Å². The second-order valence-corrected chi connectivity index (χ2v) is 4.81. The molecule has 0 saturated carbocycles. The lowest BCUT2D eigenvalue weighted by molar-refractivity contribution is 0.102. The van der Waals surface area contributed by atoms with E-state index in [9.17, 15) is 4.79 Å². The highest BCUT2D eigenvalue weighted by Gasteiger charge is 2.11. The van der Waals surface area contributed by atoms with Gasteiger partial charge in [-0.15, -0.1) is 0 Å². The smallest absolute Gasteiger partial charge is 0.274 e. The number of carbonyl (C=O) groups is 1. The summed E-state index contributed by atoms with van der Waals surface area (Å²) in [5.41, 5.74) is 1.80. The van der Waals surface area contributed by atoms with Crippen molar-refractivity contribution < 1.29 is 4.79 Å². The first-order valence-electron chi connectivity index (χ1n) is 5.60. The maximum atomic E-state index is 12.2. The highest BCUT2D eigenvalue weighted by Crippen LogP contribution is 2.16. The molecule has 3 rings (SSSR count). The lowest BCUT2D eigenvalue weighted by Gasteiger charge is -2.06. The zero-order valence-corrected chi connectivity index (χ0v) is 11.3. The number of amides is 1. The molecule has 2 heterocycles. The normalized spacial score (nSPS) is 10.6. The summed E-state index contributed by atoms with van der Waals surface area (Å²) in [6, 6.07) is 10.8. The van der Waals surface area contributed by atoms with Crippen molar-refractivity contribution >= 4 is 33.2 Å². The largest absolute Gasteiger partial charge is 0.321 e. The highest BCUT2D eigenvalue weighted by molar-refractivity contribution is 9.10. The van der Waals surface area contributed by atoms with Crippen LogP contribution in [0.4, 0.5) is 5.69 Å². The Labute approximate surface area is 117 Å². The predicted octanol–water partition coefficient (Wildman–Crippen LogP) is 2.74.